The summed E-state index contributed by atoms with van der Waals surface area (Å²) >= 11 is 0. The largest absolute Gasteiger partial charge is 0.472 e. The zero-order valence-corrected chi connectivity index (χ0v) is 66.2. The van der Waals surface area contributed by atoms with Gasteiger partial charge in [-0.25, -0.2) is 9.13 Å². The van der Waals surface area contributed by atoms with Crippen molar-refractivity contribution in [3.63, 3.8) is 0 Å². The summed E-state index contributed by atoms with van der Waals surface area (Å²) in [6.07, 6.45) is 89.2. The van der Waals surface area contributed by atoms with Crippen LogP contribution in [0.1, 0.15) is 285 Å². The van der Waals surface area contributed by atoms with Gasteiger partial charge in [0.25, 0.3) is 0 Å². The molecule has 104 heavy (non-hydrogen) atoms. The first-order valence-electron chi connectivity index (χ1n) is 39.4. The van der Waals surface area contributed by atoms with E-state index in [0.717, 1.165) is 141 Å². The molecule has 17 nitrogen and oxygen atoms in total. The lowest BCUT2D eigenvalue weighted by atomic mass is 10.0. The molecule has 0 bridgehead atoms. The van der Waals surface area contributed by atoms with Gasteiger partial charge in [-0.05, 0) is 148 Å². The number of allylic oxidation sites excluding steroid dienone is 28. The molecule has 0 fully saturated rings. The highest BCUT2D eigenvalue weighted by Gasteiger charge is 2.30. The molecular weight excluding hydrogens is 1350 g/mol. The second-order valence-electron chi connectivity index (χ2n) is 25.5. The highest BCUT2D eigenvalue weighted by molar-refractivity contribution is 7.47. The molecule has 5 atom stereocenters. The van der Waals surface area contributed by atoms with Gasteiger partial charge in [0.15, 0.2) is 12.2 Å². The molecule has 0 aromatic heterocycles. The first-order chi connectivity index (χ1) is 50.7. The molecule has 590 valence electrons. The molecule has 0 radical (unpaired) electrons. The van der Waals surface area contributed by atoms with Crippen LogP contribution in [0.25, 0.3) is 0 Å². The molecule has 0 aliphatic carbocycles. The Hall–Kier alpha value is -5.58. The number of hydrogen-bond donors (Lipinski definition) is 3. The lowest BCUT2D eigenvalue weighted by molar-refractivity contribution is -0.161. The number of carbonyl (C=O) groups excluding carboxylic acids is 4. The Morgan fingerprint density at radius 3 is 0.827 bits per heavy atom. The highest BCUT2D eigenvalue weighted by atomic mass is 31.2. The summed E-state index contributed by atoms with van der Waals surface area (Å²) < 4.78 is 68.4. The van der Waals surface area contributed by atoms with Gasteiger partial charge in [-0.3, -0.25) is 37.3 Å². The number of aliphatic hydroxyl groups is 1. The van der Waals surface area contributed by atoms with Gasteiger partial charge in [0.1, 0.15) is 19.3 Å². The summed E-state index contributed by atoms with van der Waals surface area (Å²) in [4.78, 5) is 73.0. The average Bonchev–Trinajstić information content (AvgIpc) is 0.911. The topological polar surface area (TPSA) is 237 Å². The minimum Gasteiger partial charge on any atom is -0.462 e. The van der Waals surface area contributed by atoms with Crippen LogP contribution >= 0.6 is 15.6 Å². The van der Waals surface area contributed by atoms with Crippen LogP contribution in [-0.2, 0) is 65.4 Å². The fraction of sp³-hybridized carbons (Fsp3) is 0.624. The van der Waals surface area contributed by atoms with Crippen LogP contribution in [-0.4, -0.2) is 96.7 Å². The van der Waals surface area contributed by atoms with E-state index in [1.54, 1.807) is 0 Å². The molecule has 0 amide bonds. The summed E-state index contributed by atoms with van der Waals surface area (Å²) in [5.41, 5.74) is 0. The van der Waals surface area contributed by atoms with Gasteiger partial charge < -0.3 is 33.8 Å². The Bertz CT molecular complexity index is 2640. The molecule has 0 aliphatic rings. The molecule has 0 aromatic carbocycles. The Balaban J connectivity index is 5.47. The number of esters is 4. The smallest absolute Gasteiger partial charge is 0.462 e. The number of carbonyl (C=O) groups is 4. The van der Waals surface area contributed by atoms with E-state index in [1.165, 1.54) is 51.4 Å². The summed E-state index contributed by atoms with van der Waals surface area (Å²) in [5.74, 6) is -2.34. The van der Waals surface area contributed by atoms with Gasteiger partial charge >= 0.3 is 39.5 Å². The first kappa shape index (κ1) is 98.4. The molecule has 0 spiro atoms. The molecule has 0 rings (SSSR count). The number of unbranched alkanes of at least 4 members (excludes halogenated alkanes) is 18. The quantitative estimate of drug-likeness (QED) is 0.0169. The maximum Gasteiger partial charge on any atom is 0.472 e. The van der Waals surface area contributed by atoms with Crippen molar-refractivity contribution in [2.75, 3.05) is 39.6 Å². The van der Waals surface area contributed by atoms with E-state index in [1.807, 2.05) is 12.2 Å². The summed E-state index contributed by atoms with van der Waals surface area (Å²) in [6, 6.07) is 0. The van der Waals surface area contributed by atoms with E-state index in [2.05, 4.69) is 186 Å². The van der Waals surface area contributed by atoms with E-state index in [0.29, 0.717) is 38.5 Å². The van der Waals surface area contributed by atoms with Crippen LogP contribution in [0.2, 0.25) is 0 Å². The van der Waals surface area contributed by atoms with Crippen molar-refractivity contribution in [3.05, 3.63) is 170 Å². The third-order valence-electron chi connectivity index (χ3n) is 15.7. The number of rotatable bonds is 72. The molecule has 3 N–H and O–H groups in total. The number of phosphoric ester groups is 2. The fourth-order valence-electron chi connectivity index (χ4n) is 9.80. The molecule has 0 saturated carbocycles. The van der Waals surface area contributed by atoms with Crippen LogP contribution in [0.5, 0.6) is 0 Å². The monoisotopic (exact) mass is 1490 g/mol. The zero-order valence-electron chi connectivity index (χ0n) is 64.4. The molecular formula is C85H138O17P2. The maximum absolute atomic E-state index is 13.1. The van der Waals surface area contributed by atoms with E-state index in [-0.39, 0.29) is 25.7 Å². The third-order valence-corrected chi connectivity index (χ3v) is 17.6. The highest BCUT2D eigenvalue weighted by Crippen LogP contribution is 2.45. The number of hydrogen-bond acceptors (Lipinski definition) is 15. The van der Waals surface area contributed by atoms with Crippen LogP contribution < -0.4 is 0 Å². The lowest BCUT2D eigenvalue weighted by Crippen LogP contribution is -2.30. The van der Waals surface area contributed by atoms with Crippen molar-refractivity contribution in [1.82, 2.24) is 0 Å². The van der Waals surface area contributed by atoms with Crippen LogP contribution in [0.15, 0.2) is 170 Å². The van der Waals surface area contributed by atoms with Crippen LogP contribution in [0, 0.1) is 0 Å². The normalized spacial score (nSPS) is 14.8. The summed E-state index contributed by atoms with van der Waals surface area (Å²) in [5, 5.41) is 10.6. The Morgan fingerprint density at radius 2 is 0.510 bits per heavy atom. The summed E-state index contributed by atoms with van der Waals surface area (Å²) in [7, 11) is -10.0. The number of ether oxygens (including phenoxy) is 4. The predicted molar refractivity (Wildman–Crippen MR) is 426 cm³/mol. The van der Waals surface area contributed by atoms with Crippen molar-refractivity contribution in [3.8, 4) is 0 Å². The van der Waals surface area contributed by atoms with E-state index < -0.39 is 97.5 Å². The molecule has 0 saturated heterocycles. The Labute approximate surface area is 629 Å². The van der Waals surface area contributed by atoms with E-state index in [4.69, 9.17) is 37.0 Å². The maximum atomic E-state index is 13.1. The van der Waals surface area contributed by atoms with E-state index in [9.17, 15) is 43.2 Å². The number of phosphoric acid groups is 2. The Kier molecular flexibility index (Phi) is 71.6. The van der Waals surface area contributed by atoms with Crippen LogP contribution in [0.4, 0.5) is 0 Å². The second-order valence-corrected chi connectivity index (χ2v) is 28.4. The minimum atomic E-state index is -5.01. The lowest BCUT2D eigenvalue weighted by Gasteiger charge is -2.21. The van der Waals surface area contributed by atoms with Gasteiger partial charge in [-0.15, -0.1) is 0 Å². The van der Waals surface area contributed by atoms with Crippen molar-refractivity contribution < 1.29 is 80.2 Å². The number of aliphatic hydroxyl groups excluding tert-OH is 1. The first-order valence-corrected chi connectivity index (χ1v) is 42.4. The SMILES string of the molecule is CC/C=C\C/C=C\C/C=C\C/C=C\C/C=C\CCCCCC(=O)OCC(COP(=O)(O)OCC(O)COP(=O)(O)OCC(COC(=O)CCC/C=C\C/C=C\C/C=C\C/C=C\C/C=C\CC)OC(=O)CCCCCCCCCCCCCCC)OC(=O)CCCC/C=C\C/C=C\C/C=C\C/C=C\CC. The predicted octanol–water partition coefficient (Wildman–Crippen LogP) is 23.0. The van der Waals surface area contributed by atoms with Crippen molar-refractivity contribution in [2.24, 2.45) is 0 Å². The van der Waals surface area contributed by atoms with E-state index >= 15 is 0 Å². The van der Waals surface area contributed by atoms with Crippen molar-refractivity contribution in [2.45, 2.75) is 303 Å². The zero-order chi connectivity index (χ0) is 76.0. The van der Waals surface area contributed by atoms with Gasteiger partial charge in [0.2, 0.25) is 0 Å². The fourth-order valence-corrected chi connectivity index (χ4v) is 11.4. The molecule has 0 aromatic rings. The van der Waals surface area contributed by atoms with Gasteiger partial charge in [-0.2, -0.15) is 0 Å². The minimum absolute atomic E-state index is 0.0278. The molecule has 19 heteroatoms. The standard InChI is InChI=1S/C85H138O17P2/c1-5-9-13-17-21-25-29-33-36-38-39-41-44-47-50-54-58-62-66-70-83(88)96-76-81(102-85(90)72-68-64-60-56-52-48-42-35-31-27-23-19-15-11-7-3)78-100-104(93,94)98-74-79(86)73-97-103(91,92)99-77-80(101-84(89)71-67-63-59-55-51-45-32-28-24-20-16-12-8-4)75-95-82(87)69-65-61-57-53-49-46-43-40-37-34-30-26-22-18-14-10-6-2/h9-11,13-15,21-23,25-27,33-37,39,41-43,46-47,50,52-53,56-57,79-81,86H,5-8,12,16-20,24,28-32,38,40,44-45,48-49,51,54-55,58-78H2,1-4H3,(H,91,92)(H,93,94)/b13-9-,14-10-,15-11-,25-21-,26-22-,27-23-,36-33-,37-34-,41-39-,42-35-,46-43-,50-47-,56-52-,57-53-. The van der Waals surface area contributed by atoms with Gasteiger partial charge in [-0.1, -0.05) is 281 Å². The van der Waals surface area contributed by atoms with Gasteiger partial charge in [0.05, 0.1) is 26.4 Å². The van der Waals surface area contributed by atoms with Crippen LogP contribution in [0.3, 0.4) is 0 Å². The third kappa shape index (κ3) is 74.7. The molecule has 5 unspecified atom stereocenters. The molecule has 0 aliphatic heterocycles. The van der Waals surface area contributed by atoms with Crippen molar-refractivity contribution >= 4 is 39.5 Å². The second kappa shape index (κ2) is 75.6. The average molecular weight is 1490 g/mol. The molecule has 0 heterocycles. The Morgan fingerprint density at radius 1 is 0.279 bits per heavy atom. The van der Waals surface area contributed by atoms with Crippen molar-refractivity contribution in [1.29, 1.82) is 0 Å². The van der Waals surface area contributed by atoms with Gasteiger partial charge in [0, 0.05) is 25.7 Å². The summed E-state index contributed by atoms with van der Waals surface area (Å²) in [6.45, 7) is 4.37.